The van der Waals surface area contributed by atoms with Gasteiger partial charge in [-0.15, -0.1) is 0 Å². The van der Waals surface area contributed by atoms with Crippen molar-refractivity contribution < 1.29 is 113 Å². The van der Waals surface area contributed by atoms with Crippen molar-refractivity contribution in [2.45, 2.75) is 32.0 Å². The first-order chi connectivity index (χ1) is 7.06. The zero-order valence-electron chi connectivity index (χ0n) is 19.7. The molecule has 0 aliphatic heterocycles. The molecule has 0 aromatic rings. The first-order valence-electron chi connectivity index (χ1n) is 4.58. The van der Waals surface area contributed by atoms with E-state index in [-0.39, 0.29) is 145 Å². The van der Waals surface area contributed by atoms with E-state index in [2.05, 4.69) is 0 Å². The molecule has 0 bridgehead atoms. The average molecular weight is 646 g/mol. The topological polar surface area (TPSA) is 173 Å². The Balaban J connectivity index is -0.00000000519. The number of hydrogen-bond acceptors (Lipinski definition) is 6. The zero-order valence-corrected chi connectivity index (χ0v) is 29.4. The molecule has 8 nitrogen and oxygen atoms in total. The van der Waals surface area contributed by atoms with E-state index in [1.807, 2.05) is 5.79 Å². The van der Waals surface area contributed by atoms with Crippen LogP contribution in [0.4, 0.5) is 0 Å². The second-order valence-corrected chi connectivity index (χ2v) is 10.6. The molecule has 0 spiro atoms. The second kappa shape index (κ2) is 78.6. The smallest absolute Gasteiger partial charge is 0.532 e. The van der Waals surface area contributed by atoms with Gasteiger partial charge in [0, 0.05) is 14.2 Å². The molecule has 0 aromatic heterocycles. The van der Waals surface area contributed by atoms with E-state index in [9.17, 15) is 0 Å². The van der Waals surface area contributed by atoms with Gasteiger partial charge in [0.1, 0.15) is 0 Å². The summed E-state index contributed by atoms with van der Waals surface area (Å²) in [6.07, 6.45) is 0. The van der Waals surface area contributed by atoms with Gasteiger partial charge in [-0.1, -0.05) is 5.79 Å². The van der Waals surface area contributed by atoms with Crippen LogP contribution in [0.15, 0.2) is 0 Å². The molecule has 1 radical (unpaired) electrons. The van der Waals surface area contributed by atoms with Crippen molar-refractivity contribution in [3.05, 3.63) is 44.6 Å². The summed E-state index contributed by atoms with van der Waals surface area (Å²) in [7, 11) is -2.73. The summed E-state index contributed by atoms with van der Waals surface area (Å²) in [6.45, 7) is 6.41. The number of aliphatic hydroxyl groups is 2. The Hall–Kier alpha value is 3.13. The van der Waals surface area contributed by atoms with Crippen LogP contribution in [0.5, 0.6) is 0 Å². The summed E-state index contributed by atoms with van der Waals surface area (Å²) in [6, 6.07) is 0. The van der Waals surface area contributed by atoms with Gasteiger partial charge in [0.25, 0.3) is 8.56 Å². The Labute approximate surface area is 234 Å². The van der Waals surface area contributed by atoms with Crippen LogP contribution in [-0.2, 0) is 77.6 Å². The van der Waals surface area contributed by atoms with Gasteiger partial charge in [0.2, 0.25) is 0 Å². The fourth-order valence-electron chi connectivity index (χ4n) is 0.288. The normalized spacial score (nSPS) is 5.63. The quantitative estimate of drug-likeness (QED) is 0.213. The Kier molecular flexibility index (Phi) is 325. The molecule has 0 atom stereocenters. The van der Waals surface area contributed by atoms with E-state index < -0.39 is 17.1 Å². The largest absolute Gasteiger partial charge is 2.00 e. The number of rotatable bonds is 2. The van der Waals surface area contributed by atoms with Gasteiger partial charge in [-0.25, -0.2) is 0 Å². The van der Waals surface area contributed by atoms with Crippen LogP contribution in [0, 0.1) is 44.6 Å². The van der Waals surface area contributed by atoms with Crippen molar-refractivity contribution in [1.82, 2.24) is 0 Å². The van der Waals surface area contributed by atoms with Crippen LogP contribution >= 0.6 is 0 Å². The summed E-state index contributed by atoms with van der Waals surface area (Å²) in [5.41, 5.74) is 0. The summed E-state index contributed by atoms with van der Waals surface area (Å²) in [5, 5.41) is 14.0. The van der Waals surface area contributed by atoms with Crippen LogP contribution in [0.1, 0.15) is 0 Å². The van der Waals surface area contributed by atoms with Crippen LogP contribution in [0.25, 0.3) is 0 Å². The molecular formula is C13H48AlO8Si2TiZr2. The van der Waals surface area contributed by atoms with Crippen molar-refractivity contribution in [3.8, 4) is 0 Å². The van der Waals surface area contributed by atoms with Crippen LogP contribution < -0.4 is 0 Å². The molecule has 0 unspecified atom stereocenters. The van der Waals surface area contributed by atoms with Crippen molar-refractivity contribution >= 4 is 32.7 Å². The molecule has 171 valence electrons. The third kappa shape index (κ3) is 422. The van der Waals surface area contributed by atoms with Gasteiger partial charge < -0.3 is 83.6 Å². The predicted octanol–water partition coefficient (Wildman–Crippen LogP) is 0.299. The minimum atomic E-state index is -2.61. The van der Waals surface area contributed by atoms with E-state index in [1.54, 1.807) is 13.1 Å². The van der Waals surface area contributed by atoms with Gasteiger partial charge >= 0.3 is 98.2 Å². The number of aliphatic hydroxyl groups excluding tert-OH is 2. The first kappa shape index (κ1) is 112. The molecular weight excluding hydrogens is 598 g/mol. The molecule has 0 saturated heterocycles. The van der Waals surface area contributed by atoms with E-state index in [4.69, 9.17) is 28.1 Å². The molecule has 0 aliphatic rings. The molecule has 0 aliphatic carbocycles. The standard InChI is InChI=1S/C2H8O2Si.C2H7O2Si.2CH4O.7CH3.Al.2H2O.Ti.2Zr/c2*1-5(2,3)4;2*1-2;;;;;;;;;;;;;/h3-4H,1-2H3;3H,1-2H3;2*2H,1H3;7*1H3;;2*1H2;;;/q;-1;;;;6*-1;+1;;;3*+2. The summed E-state index contributed by atoms with van der Waals surface area (Å²) < 4.78 is 5.01. The van der Waals surface area contributed by atoms with Gasteiger partial charge in [0.05, 0.1) is 0 Å². The van der Waals surface area contributed by atoms with E-state index >= 15 is 0 Å². The van der Waals surface area contributed by atoms with Crippen LogP contribution in [0.2, 0.25) is 32.0 Å². The molecule has 0 saturated carbocycles. The molecule has 9 N–H and O–H groups in total. The first-order valence-corrected chi connectivity index (χ1v) is 12.0. The molecule has 27 heavy (non-hydrogen) atoms. The fourth-order valence-corrected chi connectivity index (χ4v) is 2.60. The third-order valence-electron chi connectivity index (χ3n) is 0.406. The monoisotopic (exact) mass is 643 g/mol. The SMILES string of the molecule is CO.CO.C[Si](C)(O)O.O.O.[CH3-].[CH3-].[CH3-].[CH3-].[CH3-].[CH3-].[CH3][Al][O][Si](C)(C)O.[Ti+2].[Zr+2].[Zr+2]. The van der Waals surface area contributed by atoms with Crippen molar-refractivity contribution in [1.29, 1.82) is 0 Å². The van der Waals surface area contributed by atoms with Crippen LogP contribution in [-0.4, -0.2) is 82.4 Å². The molecule has 0 amide bonds. The van der Waals surface area contributed by atoms with E-state index in [1.165, 1.54) is 13.1 Å². The van der Waals surface area contributed by atoms with Gasteiger partial charge in [-0.2, -0.15) is 0 Å². The molecule has 0 rings (SSSR count). The Bertz CT molecular complexity index is 134. The van der Waals surface area contributed by atoms with Gasteiger partial charge in [-0.05, 0) is 26.2 Å². The number of hydrogen-bond donors (Lipinski definition) is 5. The maximum absolute atomic E-state index is 8.96. The average Bonchev–Trinajstić information content (AvgIpc) is 2.06. The van der Waals surface area contributed by atoms with E-state index in [0.29, 0.717) is 0 Å². The minimum Gasteiger partial charge on any atom is -0.532 e. The van der Waals surface area contributed by atoms with Crippen LogP contribution in [0.3, 0.4) is 0 Å². The Morgan fingerprint density at radius 3 is 0.741 bits per heavy atom. The van der Waals surface area contributed by atoms with Crippen molar-refractivity contribution in [2.75, 3.05) is 14.2 Å². The van der Waals surface area contributed by atoms with E-state index in [0.717, 1.165) is 14.2 Å². The minimum absolute atomic E-state index is 0. The molecule has 0 heterocycles. The fraction of sp³-hybridized carbons (Fsp3) is 0.538. The second-order valence-electron chi connectivity index (χ2n) is 3.29. The summed E-state index contributed by atoms with van der Waals surface area (Å²) >= 11 is 0.0212. The summed E-state index contributed by atoms with van der Waals surface area (Å²) in [4.78, 5) is 25.4. The summed E-state index contributed by atoms with van der Waals surface area (Å²) in [5.74, 6) is 1.96. The van der Waals surface area contributed by atoms with Crippen molar-refractivity contribution in [3.63, 3.8) is 0 Å². The zero-order chi connectivity index (χ0) is 14.4. The Morgan fingerprint density at radius 2 is 0.741 bits per heavy atom. The predicted molar refractivity (Wildman–Crippen MR) is 116 cm³/mol. The maximum Gasteiger partial charge on any atom is 2.00 e. The molecule has 0 fully saturated rings. The molecule has 0 aromatic carbocycles. The maximum atomic E-state index is 8.96. The van der Waals surface area contributed by atoms with Gasteiger partial charge in [-0.3, -0.25) is 0 Å². The third-order valence-corrected chi connectivity index (χ3v) is 3.66. The Morgan fingerprint density at radius 1 is 0.630 bits per heavy atom. The van der Waals surface area contributed by atoms with Crippen molar-refractivity contribution in [2.24, 2.45) is 0 Å². The molecule has 14 heteroatoms. The van der Waals surface area contributed by atoms with Gasteiger partial charge in [0.15, 0.2) is 0 Å².